The van der Waals surface area contributed by atoms with E-state index in [-0.39, 0.29) is 6.04 Å². The molecular weight excluding hydrogens is 231 g/mol. The maximum absolute atomic E-state index is 13.2. The maximum atomic E-state index is 13.2. The highest BCUT2D eigenvalue weighted by Crippen LogP contribution is 2.20. The van der Waals surface area contributed by atoms with Crippen molar-refractivity contribution >= 4 is 17.4 Å². The number of nitro benzene ring substituents is 1. The van der Waals surface area contributed by atoms with Crippen molar-refractivity contribution in [2.75, 3.05) is 5.75 Å². The van der Waals surface area contributed by atoms with Gasteiger partial charge in [0.15, 0.2) is 0 Å². The van der Waals surface area contributed by atoms with Gasteiger partial charge in [0.2, 0.25) is 5.82 Å². The van der Waals surface area contributed by atoms with Gasteiger partial charge in [-0.25, -0.2) is 0 Å². The van der Waals surface area contributed by atoms with Crippen LogP contribution in [0.2, 0.25) is 0 Å². The predicted molar refractivity (Wildman–Crippen MR) is 62.9 cm³/mol. The van der Waals surface area contributed by atoms with Crippen LogP contribution in [0, 0.1) is 15.9 Å². The number of rotatable bonds is 5. The van der Waals surface area contributed by atoms with Crippen molar-refractivity contribution in [2.45, 2.75) is 18.7 Å². The SMILES string of the molecule is CC(N)CSCc1ccc([N+](=O)[O-])c(F)c1. The summed E-state index contributed by atoms with van der Waals surface area (Å²) in [6.07, 6.45) is 0. The van der Waals surface area contributed by atoms with E-state index < -0.39 is 16.4 Å². The van der Waals surface area contributed by atoms with Crippen LogP contribution in [0.4, 0.5) is 10.1 Å². The summed E-state index contributed by atoms with van der Waals surface area (Å²) in [6.45, 7) is 1.89. The first-order valence-corrected chi connectivity index (χ1v) is 5.92. The van der Waals surface area contributed by atoms with E-state index in [1.807, 2.05) is 6.92 Å². The van der Waals surface area contributed by atoms with E-state index in [1.54, 1.807) is 17.8 Å². The number of hydrogen-bond acceptors (Lipinski definition) is 4. The van der Waals surface area contributed by atoms with Gasteiger partial charge in [-0.05, 0) is 18.6 Å². The Morgan fingerprint density at radius 2 is 2.31 bits per heavy atom. The number of nitro groups is 1. The van der Waals surface area contributed by atoms with E-state index in [0.29, 0.717) is 5.75 Å². The molecule has 1 atom stereocenters. The highest BCUT2D eigenvalue weighted by atomic mass is 32.2. The molecule has 0 aliphatic heterocycles. The van der Waals surface area contributed by atoms with E-state index in [9.17, 15) is 14.5 Å². The fourth-order valence-electron chi connectivity index (χ4n) is 1.15. The normalized spacial score (nSPS) is 12.4. The van der Waals surface area contributed by atoms with Gasteiger partial charge in [-0.2, -0.15) is 16.2 Å². The van der Waals surface area contributed by atoms with Crippen LogP contribution < -0.4 is 5.73 Å². The summed E-state index contributed by atoms with van der Waals surface area (Å²) in [5.74, 6) is 0.596. The Morgan fingerprint density at radius 3 is 2.81 bits per heavy atom. The van der Waals surface area contributed by atoms with Crippen molar-refractivity contribution in [1.82, 2.24) is 0 Å². The number of nitrogens with zero attached hydrogens (tertiary/aromatic N) is 1. The first kappa shape index (κ1) is 12.9. The molecule has 0 radical (unpaired) electrons. The van der Waals surface area contributed by atoms with Crippen LogP contribution in [-0.2, 0) is 5.75 Å². The van der Waals surface area contributed by atoms with Crippen LogP contribution in [0.5, 0.6) is 0 Å². The minimum atomic E-state index is -0.788. The second-order valence-electron chi connectivity index (χ2n) is 3.54. The van der Waals surface area contributed by atoms with Gasteiger partial charge in [0.25, 0.3) is 0 Å². The summed E-state index contributed by atoms with van der Waals surface area (Å²) in [6, 6.07) is 4.05. The molecule has 88 valence electrons. The molecule has 1 rings (SSSR count). The topological polar surface area (TPSA) is 69.2 Å². The predicted octanol–water partition coefficient (Wildman–Crippen LogP) is 2.31. The first-order valence-electron chi connectivity index (χ1n) is 4.77. The molecule has 16 heavy (non-hydrogen) atoms. The Hall–Kier alpha value is -1.14. The highest BCUT2D eigenvalue weighted by molar-refractivity contribution is 7.98. The van der Waals surface area contributed by atoms with Crippen LogP contribution in [-0.4, -0.2) is 16.7 Å². The van der Waals surface area contributed by atoms with Gasteiger partial charge in [-0.3, -0.25) is 10.1 Å². The molecular formula is C10H13FN2O2S. The summed E-state index contributed by atoms with van der Waals surface area (Å²) in [7, 11) is 0. The fourth-order valence-corrected chi connectivity index (χ4v) is 2.06. The molecule has 0 saturated heterocycles. The fraction of sp³-hybridized carbons (Fsp3) is 0.400. The molecule has 1 unspecified atom stereocenters. The van der Waals surface area contributed by atoms with Crippen LogP contribution in [0.1, 0.15) is 12.5 Å². The van der Waals surface area contributed by atoms with Crippen molar-refractivity contribution in [3.63, 3.8) is 0 Å². The van der Waals surface area contributed by atoms with Gasteiger partial charge in [-0.15, -0.1) is 0 Å². The summed E-state index contributed by atoms with van der Waals surface area (Å²) in [5.41, 5.74) is 5.81. The van der Waals surface area contributed by atoms with Gasteiger partial charge in [-0.1, -0.05) is 6.07 Å². The van der Waals surface area contributed by atoms with Crippen molar-refractivity contribution in [1.29, 1.82) is 0 Å². The molecule has 4 nitrogen and oxygen atoms in total. The lowest BCUT2D eigenvalue weighted by Crippen LogP contribution is -2.17. The Balaban J connectivity index is 2.63. The van der Waals surface area contributed by atoms with Crippen molar-refractivity contribution in [3.8, 4) is 0 Å². The molecule has 0 fully saturated rings. The van der Waals surface area contributed by atoms with Crippen molar-refractivity contribution < 1.29 is 9.31 Å². The zero-order valence-electron chi connectivity index (χ0n) is 8.85. The number of halogens is 1. The van der Waals surface area contributed by atoms with Crippen LogP contribution in [0.15, 0.2) is 18.2 Å². The molecule has 1 aromatic rings. The maximum Gasteiger partial charge on any atom is 0.304 e. The zero-order chi connectivity index (χ0) is 12.1. The molecule has 0 aliphatic carbocycles. The Morgan fingerprint density at radius 1 is 1.62 bits per heavy atom. The van der Waals surface area contributed by atoms with E-state index >= 15 is 0 Å². The van der Waals surface area contributed by atoms with Gasteiger partial charge in [0, 0.05) is 23.6 Å². The molecule has 2 N–H and O–H groups in total. The molecule has 0 saturated carbocycles. The molecule has 1 aromatic carbocycles. The Labute approximate surface area is 97.2 Å². The standard InChI is InChI=1S/C10H13FN2O2S/c1-7(12)5-16-6-8-2-3-10(13(14)15)9(11)4-8/h2-4,7H,5-6,12H2,1H3. The van der Waals surface area contributed by atoms with Crippen molar-refractivity contribution in [3.05, 3.63) is 39.7 Å². The lowest BCUT2D eigenvalue weighted by molar-refractivity contribution is -0.387. The quantitative estimate of drug-likeness (QED) is 0.637. The molecule has 0 heterocycles. The average molecular weight is 244 g/mol. The average Bonchev–Trinajstić information content (AvgIpc) is 2.16. The van der Waals surface area contributed by atoms with Gasteiger partial charge in [0.05, 0.1) is 4.92 Å². The molecule has 0 spiro atoms. The van der Waals surface area contributed by atoms with Gasteiger partial charge >= 0.3 is 5.69 Å². The lowest BCUT2D eigenvalue weighted by Gasteiger charge is -2.04. The molecule has 0 aliphatic rings. The van der Waals surface area contributed by atoms with Crippen LogP contribution >= 0.6 is 11.8 Å². The van der Waals surface area contributed by atoms with E-state index in [2.05, 4.69) is 0 Å². The molecule has 0 aromatic heterocycles. The second-order valence-corrected chi connectivity index (χ2v) is 4.57. The summed E-state index contributed by atoms with van der Waals surface area (Å²) in [4.78, 5) is 9.65. The molecule has 0 bridgehead atoms. The van der Waals surface area contributed by atoms with Crippen LogP contribution in [0.25, 0.3) is 0 Å². The van der Waals surface area contributed by atoms with Crippen molar-refractivity contribution in [2.24, 2.45) is 5.73 Å². The lowest BCUT2D eigenvalue weighted by atomic mass is 10.2. The number of thioether (sulfide) groups is 1. The Kier molecular flexibility index (Phi) is 4.70. The summed E-state index contributed by atoms with van der Waals surface area (Å²) in [5, 5.41) is 10.4. The number of hydrogen-bond donors (Lipinski definition) is 1. The van der Waals surface area contributed by atoms with Crippen LogP contribution in [0.3, 0.4) is 0 Å². The first-order chi connectivity index (χ1) is 7.50. The number of benzene rings is 1. The molecule has 0 amide bonds. The summed E-state index contributed by atoms with van der Waals surface area (Å²) >= 11 is 1.58. The zero-order valence-corrected chi connectivity index (χ0v) is 9.67. The third-order valence-corrected chi connectivity index (χ3v) is 3.16. The second kappa shape index (κ2) is 5.81. The Bertz CT molecular complexity index is 385. The minimum absolute atomic E-state index is 0.0906. The van der Waals surface area contributed by atoms with Gasteiger partial charge in [0.1, 0.15) is 0 Å². The van der Waals surface area contributed by atoms with E-state index in [0.717, 1.165) is 11.3 Å². The van der Waals surface area contributed by atoms with E-state index in [1.165, 1.54) is 12.1 Å². The van der Waals surface area contributed by atoms with Gasteiger partial charge < -0.3 is 5.73 Å². The van der Waals surface area contributed by atoms with E-state index in [4.69, 9.17) is 5.73 Å². The minimum Gasteiger partial charge on any atom is -0.327 e. The largest absolute Gasteiger partial charge is 0.327 e. The third kappa shape index (κ3) is 3.79. The highest BCUT2D eigenvalue weighted by Gasteiger charge is 2.13. The summed E-state index contributed by atoms with van der Waals surface area (Å²) < 4.78 is 13.2. The smallest absolute Gasteiger partial charge is 0.304 e. The number of nitrogens with two attached hydrogens (primary N) is 1. The third-order valence-electron chi connectivity index (χ3n) is 1.86. The monoisotopic (exact) mass is 244 g/mol. The molecule has 6 heteroatoms.